The second-order valence-corrected chi connectivity index (χ2v) is 19.9. The minimum Gasteiger partial charge on any atom is -0.310 e. The van der Waals surface area contributed by atoms with Crippen LogP contribution in [0.2, 0.25) is 0 Å². The minimum absolute atomic E-state index is 0.0807. The van der Waals surface area contributed by atoms with Gasteiger partial charge < -0.3 is 4.90 Å². The number of aryl methyl sites for hydroxylation is 3. The van der Waals surface area contributed by atoms with Gasteiger partial charge in [-0.25, -0.2) is 0 Å². The lowest BCUT2D eigenvalue weighted by Crippen LogP contribution is -2.48. The van der Waals surface area contributed by atoms with Crippen molar-refractivity contribution in [1.82, 2.24) is 0 Å². The van der Waals surface area contributed by atoms with E-state index in [2.05, 4.69) is 169 Å². The van der Waals surface area contributed by atoms with Gasteiger partial charge in [0.15, 0.2) is 0 Å². The summed E-state index contributed by atoms with van der Waals surface area (Å²) in [6.45, 7) is 16.6. The molecule has 12 rings (SSSR count). The molecule has 1 nitrogen and oxygen atoms in total. The largest absolute Gasteiger partial charge is 0.310 e. The number of hydrogen-bond acceptors (Lipinski definition) is 1. The predicted octanol–water partition coefficient (Wildman–Crippen LogP) is 14.8. The molecular weight excluding hydrogens is 675 g/mol. The fourth-order valence-corrected chi connectivity index (χ4v) is 13.2. The zero-order chi connectivity index (χ0) is 38.3. The highest BCUT2D eigenvalue weighted by atomic mass is 15.1. The maximum absolute atomic E-state index is 2.68. The summed E-state index contributed by atoms with van der Waals surface area (Å²) in [5.74, 6) is 2.85. The Morgan fingerprint density at radius 2 is 0.982 bits per heavy atom. The van der Waals surface area contributed by atoms with E-state index in [1.807, 2.05) is 0 Å². The van der Waals surface area contributed by atoms with E-state index in [1.165, 1.54) is 128 Å². The first-order valence-electron chi connectivity index (χ1n) is 21.4. The van der Waals surface area contributed by atoms with Crippen molar-refractivity contribution in [2.75, 3.05) is 4.90 Å². The van der Waals surface area contributed by atoms with Gasteiger partial charge >= 0.3 is 0 Å². The van der Waals surface area contributed by atoms with E-state index in [4.69, 9.17) is 0 Å². The molecule has 0 radical (unpaired) electrons. The van der Waals surface area contributed by atoms with E-state index in [-0.39, 0.29) is 10.8 Å². The lowest BCUT2D eigenvalue weighted by Gasteiger charge is -2.57. The van der Waals surface area contributed by atoms with Gasteiger partial charge in [0.25, 0.3) is 0 Å². The van der Waals surface area contributed by atoms with E-state index in [0.717, 1.165) is 17.8 Å². The van der Waals surface area contributed by atoms with Crippen LogP contribution in [0.4, 0.5) is 17.1 Å². The van der Waals surface area contributed by atoms with Crippen molar-refractivity contribution in [1.29, 1.82) is 0 Å². The van der Waals surface area contributed by atoms with Crippen LogP contribution in [0.3, 0.4) is 0 Å². The molecule has 6 aromatic carbocycles. The van der Waals surface area contributed by atoms with Crippen LogP contribution in [0.1, 0.15) is 111 Å². The van der Waals surface area contributed by atoms with Gasteiger partial charge in [0.05, 0.1) is 5.69 Å². The van der Waals surface area contributed by atoms with Gasteiger partial charge in [0, 0.05) is 22.2 Å². The van der Waals surface area contributed by atoms with Crippen LogP contribution in [0.5, 0.6) is 0 Å². The van der Waals surface area contributed by atoms with E-state index in [0.29, 0.717) is 5.41 Å². The molecule has 0 aromatic heterocycles. The predicted molar refractivity (Wildman–Crippen MR) is 236 cm³/mol. The topological polar surface area (TPSA) is 3.24 Å². The summed E-state index contributed by atoms with van der Waals surface area (Å²) in [6, 6.07) is 45.1. The molecule has 1 heteroatoms. The van der Waals surface area contributed by atoms with Gasteiger partial charge in [-0.2, -0.15) is 0 Å². The Morgan fingerprint density at radius 3 is 1.57 bits per heavy atom. The van der Waals surface area contributed by atoms with Crippen molar-refractivity contribution in [2.45, 2.75) is 103 Å². The zero-order valence-corrected chi connectivity index (χ0v) is 34.4. The highest BCUT2D eigenvalue weighted by Crippen LogP contribution is 2.62. The van der Waals surface area contributed by atoms with Gasteiger partial charge in [-0.1, -0.05) is 112 Å². The zero-order valence-electron chi connectivity index (χ0n) is 34.4. The summed E-state index contributed by atoms with van der Waals surface area (Å²) in [5.41, 5.74) is 23.3. The Hall–Kier alpha value is -4.88. The molecule has 0 spiro atoms. The van der Waals surface area contributed by atoms with Crippen molar-refractivity contribution >= 4 is 17.1 Å². The molecule has 4 fully saturated rings. The fraction of sp³-hybridized carbons (Fsp3) is 0.345. The summed E-state index contributed by atoms with van der Waals surface area (Å²) < 4.78 is 0. The van der Waals surface area contributed by atoms with Crippen molar-refractivity contribution in [2.24, 2.45) is 17.8 Å². The Bertz CT molecular complexity index is 2560. The number of anilines is 3. The molecule has 4 saturated carbocycles. The number of hydrogen-bond donors (Lipinski definition) is 0. The number of nitrogens with zero attached hydrogens (tertiary/aromatic N) is 1. The van der Waals surface area contributed by atoms with E-state index < -0.39 is 0 Å². The number of benzene rings is 6. The first-order chi connectivity index (χ1) is 26.9. The normalized spacial score (nSPS) is 24.1. The third-order valence-corrected chi connectivity index (χ3v) is 15.5. The molecule has 0 aliphatic heterocycles. The molecule has 0 unspecified atom stereocenters. The van der Waals surface area contributed by atoms with Crippen LogP contribution in [0.25, 0.3) is 33.4 Å². The molecule has 6 aliphatic carbocycles. The summed E-state index contributed by atoms with van der Waals surface area (Å²) in [6.07, 6.45) is 8.70. The maximum Gasteiger partial charge on any atom is 0.0520 e. The van der Waals surface area contributed by atoms with Crippen molar-refractivity contribution in [3.8, 4) is 33.4 Å². The van der Waals surface area contributed by atoms with Gasteiger partial charge in [-0.15, -0.1) is 0 Å². The average Bonchev–Trinajstić information content (AvgIpc) is 3.54. The second kappa shape index (κ2) is 11.8. The summed E-state index contributed by atoms with van der Waals surface area (Å²) in [4.78, 5) is 2.57. The van der Waals surface area contributed by atoms with Crippen LogP contribution in [-0.4, -0.2) is 0 Å². The highest BCUT2D eigenvalue weighted by molar-refractivity contribution is 5.90. The standard InChI is InChI=1S/C55H55N/c1-33-11-10-12-39(21-33)40-22-34(2)52(35(3)23-40)56(42-16-19-46-44-13-8-9-14-48(44)53(4,5)50(46)28-42)43-17-20-47-45-18-15-41(27-49(45)54(6,7)51(47)29-43)55-30-36-24-37(31-55)26-38(25-36)32-55/h8-23,27-29,36-38H,24-26,30-32H2,1-7H3. The van der Waals surface area contributed by atoms with Gasteiger partial charge in [0.2, 0.25) is 0 Å². The van der Waals surface area contributed by atoms with Crippen LogP contribution in [0, 0.1) is 38.5 Å². The summed E-state index contributed by atoms with van der Waals surface area (Å²) in [7, 11) is 0. The van der Waals surface area contributed by atoms with Gasteiger partial charge in [-0.05, 0) is 191 Å². The van der Waals surface area contributed by atoms with Crippen molar-refractivity contribution in [3.63, 3.8) is 0 Å². The third kappa shape index (κ3) is 4.92. The van der Waals surface area contributed by atoms with E-state index in [1.54, 1.807) is 5.56 Å². The molecule has 4 bridgehead atoms. The molecule has 0 atom stereocenters. The lowest BCUT2D eigenvalue weighted by atomic mass is 9.48. The van der Waals surface area contributed by atoms with Crippen LogP contribution in [0.15, 0.2) is 115 Å². The average molecular weight is 730 g/mol. The van der Waals surface area contributed by atoms with Gasteiger partial charge in [-0.3, -0.25) is 0 Å². The summed E-state index contributed by atoms with van der Waals surface area (Å²) in [5, 5.41) is 0. The minimum atomic E-state index is -0.0919. The molecule has 0 saturated heterocycles. The van der Waals surface area contributed by atoms with E-state index >= 15 is 0 Å². The highest BCUT2D eigenvalue weighted by Gasteiger charge is 2.52. The number of rotatable bonds is 5. The quantitative estimate of drug-likeness (QED) is 0.171. The van der Waals surface area contributed by atoms with E-state index in [9.17, 15) is 0 Å². The molecule has 280 valence electrons. The summed E-state index contributed by atoms with van der Waals surface area (Å²) >= 11 is 0. The fourth-order valence-electron chi connectivity index (χ4n) is 13.2. The number of fused-ring (bicyclic) bond motifs is 6. The molecule has 0 amide bonds. The van der Waals surface area contributed by atoms with Crippen molar-refractivity contribution in [3.05, 3.63) is 160 Å². The Labute approximate surface area is 334 Å². The SMILES string of the molecule is Cc1cccc(-c2cc(C)c(N(c3ccc4c(c3)C(C)(C)c3ccccc3-4)c3ccc4c(c3)C(C)(C)c3cc(C56CC7CC(CC(C7)C5)C6)ccc3-4)c(C)c2)c1. The van der Waals surface area contributed by atoms with Gasteiger partial charge in [0.1, 0.15) is 0 Å². The van der Waals surface area contributed by atoms with Crippen molar-refractivity contribution < 1.29 is 0 Å². The Morgan fingerprint density at radius 1 is 0.464 bits per heavy atom. The first-order valence-corrected chi connectivity index (χ1v) is 21.4. The molecule has 56 heavy (non-hydrogen) atoms. The molecule has 0 N–H and O–H groups in total. The Kier molecular flexibility index (Phi) is 7.26. The van der Waals surface area contributed by atoms with Crippen LogP contribution >= 0.6 is 0 Å². The maximum atomic E-state index is 2.68. The smallest absolute Gasteiger partial charge is 0.0520 e. The molecule has 6 aliphatic rings. The van der Waals surface area contributed by atoms with Crippen LogP contribution in [-0.2, 0) is 16.2 Å². The molecule has 6 aromatic rings. The second-order valence-electron chi connectivity index (χ2n) is 19.9. The Balaban J connectivity index is 1.05. The lowest BCUT2D eigenvalue weighted by molar-refractivity contribution is -0.00522. The molecule has 0 heterocycles. The third-order valence-electron chi connectivity index (χ3n) is 15.5. The molecular formula is C55H55N. The van der Waals surface area contributed by atoms with Crippen LogP contribution < -0.4 is 4.90 Å². The monoisotopic (exact) mass is 729 g/mol. The first kappa shape index (κ1) is 34.4.